The Morgan fingerprint density at radius 1 is 1.03 bits per heavy atom. The smallest absolute Gasteiger partial charge is 0.257 e. The maximum atomic E-state index is 13.2. The molecule has 8 nitrogen and oxygen atoms in total. The molecule has 33 heavy (non-hydrogen) atoms. The fourth-order valence-electron chi connectivity index (χ4n) is 4.43. The summed E-state index contributed by atoms with van der Waals surface area (Å²) in [6.07, 6.45) is 0.933. The van der Waals surface area contributed by atoms with Crippen molar-refractivity contribution in [2.45, 2.75) is 19.5 Å². The fraction of sp³-hybridized carbons (Fsp3) is 0.320. The van der Waals surface area contributed by atoms with Gasteiger partial charge in [0.25, 0.3) is 5.91 Å². The number of rotatable bonds is 7. The number of fused-ring (bicyclic) bond motifs is 2. The summed E-state index contributed by atoms with van der Waals surface area (Å²) in [7, 11) is 0. The Labute approximate surface area is 192 Å². The number of hydrogen-bond donors (Lipinski definition) is 3. The number of aromatic nitrogens is 3. The van der Waals surface area contributed by atoms with Gasteiger partial charge >= 0.3 is 0 Å². The summed E-state index contributed by atoms with van der Waals surface area (Å²) in [5, 5.41) is 3.00. The number of amides is 1. The lowest BCUT2D eigenvalue weighted by atomic mass is 10.2. The molecule has 4 N–H and O–H groups in total. The molecule has 2 aromatic heterocycles. The first kappa shape index (κ1) is 21.4. The van der Waals surface area contributed by atoms with Crippen molar-refractivity contribution < 1.29 is 14.4 Å². The van der Waals surface area contributed by atoms with E-state index >= 15 is 0 Å². The third-order valence-corrected chi connectivity index (χ3v) is 6.23. The summed E-state index contributed by atoms with van der Waals surface area (Å²) in [5.41, 5.74) is 10.7. The maximum Gasteiger partial charge on any atom is 0.257 e. The molecule has 5 rings (SSSR count). The van der Waals surface area contributed by atoms with Gasteiger partial charge in [-0.05, 0) is 17.7 Å². The maximum absolute atomic E-state index is 13.2. The van der Waals surface area contributed by atoms with E-state index in [-0.39, 0.29) is 5.91 Å². The molecule has 0 atom stereocenters. The van der Waals surface area contributed by atoms with E-state index in [1.54, 1.807) is 0 Å². The summed E-state index contributed by atoms with van der Waals surface area (Å²) in [4.78, 5) is 24.4. The zero-order chi connectivity index (χ0) is 22.6. The molecule has 0 radical (unpaired) electrons. The Hall–Kier alpha value is -3.49. The van der Waals surface area contributed by atoms with Crippen molar-refractivity contribution >= 4 is 33.9 Å². The van der Waals surface area contributed by atoms with Gasteiger partial charge in [0, 0.05) is 19.5 Å². The molecule has 3 heterocycles. The van der Waals surface area contributed by atoms with Gasteiger partial charge in [0.05, 0.1) is 30.8 Å². The second-order valence-corrected chi connectivity index (χ2v) is 8.43. The van der Waals surface area contributed by atoms with Crippen molar-refractivity contribution in [3.8, 4) is 0 Å². The minimum atomic E-state index is -0.233. The zero-order valence-electron chi connectivity index (χ0n) is 18.6. The lowest BCUT2D eigenvalue weighted by Crippen LogP contribution is -3.14. The lowest BCUT2D eigenvalue weighted by molar-refractivity contribution is -0.908. The molecule has 4 aromatic rings. The van der Waals surface area contributed by atoms with Crippen LogP contribution in [-0.4, -0.2) is 53.3 Å². The highest BCUT2D eigenvalue weighted by Crippen LogP contribution is 2.28. The number of morpholine rings is 1. The zero-order valence-corrected chi connectivity index (χ0v) is 18.6. The van der Waals surface area contributed by atoms with E-state index in [2.05, 4.69) is 5.32 Å². The minimum absolute atomic E-state index is 0.233. The standard InChI is InChI=1S/C25H28N6O2/c26-23-21(25(32)27-17-18-7-2-1-3-8-18)22-24(29-20-10-5-4-9-19(20)28-22)31(23)12-6-11-30-13-15-33-16-14-30/h1-5,7-10H,6,11-17,26H2,(H,27,32)/p+1. The number of carbonyl (C=O) groups is 1. The number of nitrogens with two attached hydrogens (primary N) is 1. The van der Waals surface area contributed by atoms with Gasteiger partial charge in [-0.2, -0.15) is 0 Å². The van der Waals surface area contributed by atoms with Crippen LogP contribution < -0.4 is 16.0 Å². The highest BCUT2D eigenvalue weighted by molar-refractivity contribution is 6.10. The third-order valence-electron chi connectivity index (χ3n) is 6.23. The molecule has 1 saturated heterocycles. The molecule has 1 fully saturated rings. The van der Waals surface area contributed by atoms with Crippen molar-refractivity contribution in [2.75, 3.05) is 38.6 Å². The van der Waals surface area contributed by atoms with E-state index in [1.165, 1.54) is 4.90 Å². The second-order valence-electron chi connectivity index (χ2n) is 8.43. The Bertz CT molecular complexity index is 1260. The monoisotopic (exact) mass is 445 g/mol. The number of carbonyl (C=O) groups excluding carboxylic acids is 1. The fourth-order valence-corrected chi connectivity index (χ4v) is 4.43. The number of para-hydroxylation sites is 2. The van der Waals surface area contributed by atoms with Gasteiger partial charge in [0.15, 0.2) is 5.65 Å². The molecule has 0 saturated carbocycles. The molecular formula is C25H29N6O2+. The highest BCUT2D eigenvalue weighted by atomic mass is 16.5. The molecule has 170 valence electrons. The molecule has 1 aliphatic rings. The van der Waals surface area contributed by atoms with E-state index in [0.717, 1.165) is 55.9 Å². The summed E-state index contributed by atoms with van der Waals surface area (Å²) < 4.78 is 7.41. The number of nitrogens with one attached hydrogen (secondary N) is 2. The van der Waals surface area contributed by atoms with Gasteiger partial charge in [0.2, 0.25) is 0 Å². The van der Waals surface area contributed by atoms with Crippen LogP contribution in [0.2, 0.25) is 0 Å². The van der Waals surface area contributed by atoms with E-state index in [4.69, 9.17) is 20.4 Å². The number of nitrogen functional groups attached to an aromatic ring is 1. The van der Waals surface area contributed by atoms with Gasteiger partial charge < -0.3 is 25.3 Å². The molecule has 0 spiro atoms. The Morgan fingerprint density at radius 3 is 2.48 bits per heavy atom. The van der Waals surface area contributed by atoms with E-state index in [0.29, 0.717) is 35.6 Å². The summed E-state index contributed by atoms with van der Waals surface area (Å²) in [6, 6.07) is 17.5. The number of nitrogens with zero attached hydrogens (tertiary/aromatic N) is 3. The number of hydrogen-bond acceptors (Lipinski definition) is 5. The van der Waals surface area contributed by atoms with Gasteiger partial charge in [0.1, 0.15) is 30.0 Å². The van der Waals surface area contributed by atoms with Crippen LogP contribution in [0.1, 0.15) is 22.3 Å². The number of ether oxygens (including phenoxy) is 1. The quantitative estimate of drug-likeness (QED) is 0.399. The number of benzene rings is 2. The van der Waals surface area contributed by atoms with E-state index < -0.39 is 0 Å². The van der Waals surface area contributed by atoms with Crippen LogP contribution in [-0.2, 0) is 17.8 Å². The van der Waals surface area contributed by atoms with Crippen molar-refractivity contribution in [3.63, 3.8) is 0 Å². The Morgan fingerprint density at radius 2 is 1.73 bits per heavy atom. The van der Waals surface area contributed by atoms with Crippen molar-refractivity contribution in [1.82, 2.24) is 19.9 Å². The average molecular weight is 446 g/mol. The van der Waals surface area contributed by atoms with Crippen LogP contribution in [0.25, 0.3) is 22.2 Å². The largest absolute Gasteiger partial charge is 0.384 e. The van der Waals surface area contributed by atoms with Crippen LogP contribution in [0.5, 0.6) is 0 Å². The number of quaternary nitrogens is 1. The molecule has 0 unspecified atom stereocenters. The normalized spacial score (nSPS) is 14.7. The summed E-state index contributed by atoms with van der Waals surface area (Å²) >= 11 is 0. The van der Waals surface area contributed by atoms with Gasteiger partial charge in [-0.25, -0.2) is 9.97 Å². The Kier molecular flexibility index (Phi) is 6.19. The first-order valence-corrected chi connectivity index (χ1v) is 11.5. The van der Waals surface area contributed by atoms with Crippen LogP contribution in [0, 0.1) is 0 Å². The van der Waals surface area contributed by atoms with Crippen LogP contribution in [0.3, 0.4) is 0 Å². The van der Waals surface area contributed by atoms with Crippen LogP contribution in [0.15, 0.2) is 54.6 Å². The van der Waals surface area contributed by atoms with E-state index in [1.807, 2.05) is 59.2 Å². The van der Waals surface area contributed by atoms with Crippen LogP contribution >= 0.6 is 0 Å². The molecule has 0 aliphatic carbocycles. The number of aryl methyl sites for hydroxylation is 1. The van der Waals surface area contributed by atoms with Crippen molar-refractivity contribution in [3.05, 3.63) is 65.7 Å². The predicted molar refractivity (Wildman–Crippen MR) is 128 cm³/mol. The van der Waals surface area contributed by atoms with Crippen molar-refractivity contribution in [2.24, 2.45) is 0 Å². The highest BCUT2D eigenvalue weighted by Gasteiger charge is 2.24. The Balaban J connectivity index is 1.45. The lowest BCUT2D eigenvalue weighted by Gasteiger charge is -2.23. The molecular weight excluding hydrogens is 416 g/mol. The molecule has 1 amide bonds. The predicted octanol–water partition coefficient (Wildman–Crippen LogP) is 1.40. The summed E-state index contributed by atoms with van der Waals surface area (Å²) in [5.74, 6) is 0.186. The van der Waals surface area contributed by atoms with Crippen molar-refractivity contribution in [1.29, 1.82) is 0 Å². The minimum Gasteiger partial charge on any atom is -0.384 e. The molecule has 2 aromatic carbocycles. The van der Waals surface area contributed by atoms with Gasteiger partial charge in [-0.3, -0.25) is 4.79 Å². The molecule has 1 aliphatic heterocycles. The number of anilines is 1. The first-order chi connectivity index (χ1) is 16.2. The molecule has 0 bridgehead atoms. The van der Waals surface area contributed by atoms with Crippen LogP contribution in [0.4, 0.5) is 5.82 Å². The average Bonchev–Trinajstić information content (AvgIpc) is 3.12. The van der Waals surface area contributed by atoms with Gasteiger partial charge in [-0.1, -0.05) is 42.5 Å². The SMILES string of the molecule is Nc1c(C(=O)NCc2ccccc2)c2nc3ccccc3nc2n1CCC[NH+]1CCOCC1. The first-order valence-electron chi connectivity index (χ1n) is 11.5. The summed E-state index contributed by atoms with van der Waals surface area (Å²) in [6.45, 7) is 5.82. The van der Waals surface area contributed by atoms with E-state index in [9.17, 15) is 4.79 Å². The van der Waals surface area contributed by atoms with Gasteiger partial charge in [-0.15, -0.1) is 0 Å². The second kappa shape index (κ2) is 9.56. The molecule has 8 heteroatoms. The topological polar surface area (TPSA) is 99.5 Å². The third kappa shape index (κ3) is 4.53.